The van der Waals surface area contributed by atoms with Crippen LogP contribution in [0.25, 0.3) is 11.0 Å². The van der Waals surface area contributed by atoms with Gasteiger partial charge in [0, 0.05) is 25.0 Å². The summed E-state index contributed by atoms with van der Waals surface area (Å²) in [7, 11) is 0. The van der Waals surface area contributed by atoms with Crippen molar-refractivity contribution in [1.29, 1.82) is 0 Å². The van der Waals surface area contributed by atoms with Gasteiger partial charge >= 0.3 is 0 Å². The van der Waals surface area contributed by atoms with Crippen LogP contribution >= 0.6 is 0 Å². The molecule has 2 aliphatic rings. The molecular weight excluding hydrogens is 322 g/mol. The Morgan fingerprint density at radius 3 is 3.12 bits per heavy atom. The zero-order valence-corrected chi connectivity index (χ0v) is 13.9. The molecule has 0 bridgehead atoms. The van der Waals surface area contributed by atoms with E-state index in [2.05, 4.69) is 10.5 Å². The maximum absolute atomic E-state index is 12.8. The molecule has 2 saturated heterocycles. The van der Waals surface area contributed by atoms with E-state index in [0.29, 0.717) is 37.2 Å². The topological polar surface area (TPSA) is 95.7 Å². The normalized spacial score (nSPS) is 26.8. The number of carbonyl (C=O) groups is 2. The molecule has 132 valence electrons. The largest absolute Gasteiger partial charge is 0.392 e. The molecular formula is C18H21N3O4. The number of aliphatic hydroxyl groups is 1. The van der Waals surface area contributed by atoms with Crippen LogP contribution in [0.15, 0.2) is 28.8 Å². The van der Waals surface area contributed by atoms with Gasteiger partial charge in [-0.2, -0.15) is 0 Å². The van der Waals surface area contributed by atoms with Gasteiger partial charge < -0.3 is 19.8 Å². The van der Waals surface area contributed by atoms with Gasteiger partial charge in [0.15, 0.2) is 5.58 Å². The minimum absolute atomic E-state index is 0.0938. The number of amides is 2. The molecule has 0 saturated carbocycles. The van der Waals surface area contributed by atoms with Gasteiger partial charge in [0.25, 0.3) is 0 Å². The second kappa shape index (κ2) is 6.15. The number of fused-ring (bicyclic) bond motifs is 1. The first-order valence-corrected chi connectivity index (χ1v) is 8.67. The van der Waals surface area contributed by atoms with Crippen molar-refractivity contribution in [3.05, 3.63) is 30.0 Å². The van der Waals surface area contributed by atoms with E-state index in [-0.39, 0.29) is 24.8 Å². The molecule has 1 spiro atoms. The first kappa shape index (κ1) is 16.1. The molecule has 2 aliphatic heterocycles. The maximum atomic E-state index is 12.8. The van der Waals surface area contributed by atoms with Crippen LogP contribution in [0.3, 0.4) is 0 Å². The highest BCUT2D eigenvalue weighted by molar-refractivity contribution is 5.88. The number of nitrogens with one attached hydrogen (secondary N) is 1. The predicted octanol–water partition coefficient (Wildman–Crippen LogP) is 0.860. The van der Waals surface area contributed by atoms with E-state index >= 15 is 0 Å². The SMILES string of the molecule is O=C(Cc1noc2ccccc12)N1CC[C@@H](O)[C@@]2(CCCNC2=O)C1. The number of hydrogen-bond acceptors (Lipinski definition) is 5. The number of aromatic nitrogens is 1. The summed E-state index contributed by atoms with van der Waals surface area (Å²) >= 11 is 0. The first-order chi connectivity index (χ1) is 12.1. The van der Waals surface area contributed by atoms with Gasteiger partial charge in [-0.3, -0.25) is 9.59 Å². The molecule has 7 heteroatoms. The smallest absolute Gasteiger partial charge is 0.230 e. The number of nitrogens with zero attached hydrogens (tertiary/aromatic N) is 2. The monoisotopic (exact) mass is 343 g/mol. The lowest BCUT2D eigenvalue weighted by atomic mass is 9.71. The second-order valence-electron chi connectivity index (χ2n) is 6.94. The van der Waals surface area contributed by atoms with Crippen LogP contribution in [0.4, 0.5) is 0 Å². The van der Waals surface area contributed by atoms with E-state index in [1.807, 2.05) is 24.3 Å². The van der Waals surface area contributed by atoms with Crippen molar-refractivity contribution < 1.29 is 19.2 Å². The number of benzene rings is 1. The minimum atomic E-state index is -0.877. The Morgan fingerprint density at radius 1 is 1.44 bits per heavy atom. The average Bonchev–Trinajstić information content (AvgIpc) is 3.03. The predicted molar refractivity (Wildman–Crippen MR) is 89.6 cm³/mol. The maximum Gasteiger partial charge on any atom is 0.230 e. The summed E-state index contributed by atoms with van der Waals surface area (Å²) in [5.41, 5.74) is 0.384. The van der Waals surface area contributed by atoms with Gasteiger partial charge in [-0.15, -0.1) is 0 Å². The lowest BCUT2D eigenvalue weighted by Gasteiger charge is -2.46. The summed E-state index contributed by atoms with van der Waals surface area (Å²) in [5.74, 6) is -0.237. The standard InChI is InChI=1S/C18H21N3O4/c22-15-6-9-21(11-18(15)7-3-8-19-17(18)24)16(23)10-13-12-4-1-2-5-14(12)25-20-13/h1-2,4-5,15,22H,3,6-11H2,(H,19,24)/t15-,18-/m1/s1. The van der Waals surface area contributed by atoms with E-state index in [9.17, 15) is 14.7 Å². The molecule has 1 aromatic heterocycles. The lowest BCUT2D eigenvalue weighted by molar-refractivity contribution is -0.154. The highest BCUT2D eigenvalue weighted by atomic mass is 16.5. The van der Waals surface area contributed by atoms with Crippen molar-refractivity contribution in [2.75, 3.05) is 19.6 Å². The molecule has 2 amide bonds. The van der Waals surface area contributed by atoms with Crippen LogP contribution in [0.5, 0.6) is 0 Å². The summed E-state index contributed by atoms with van der Waals surface area (Å²) in [6.07, 6.45) is 1.27. The number of piperidine rings is 2. The van der Waals surface area contributed by atoms with Crippen molar-refractivity contribution >= 4 is 22.8 Å². The Kier molecular flexibility index (Phi) is 3.95. The summed E-state index contributed by atoms with van der Waals surface area (Å²) < 4.78 is 5.26. The van der Waals surface area contributed by atoms with Crippen LogP contribution < -0.4 is 5.32 Å². The molecule has 0 aliphatic carbocycles. The van der Waals surface area contributed by atoms with E-state index in [1.165, 1.54) is 0 Å². The fourth-order valence-electron chi connectivity index (χ4n) is 3.98. The molecule has 2 aromatic rings. The summed E-state index contributed by atoms with van der Waals surface area (Å²) in [6.45, 7) is 1.34. The third-order valence-electron chi connectivity index (χ3n) is 5.44. The molecule has 1 aromatic carbocycles. The summed E-state index contributed by atoms with van der Waals surface area (Å²) in [6, 6.07) is 7.43. The molecule has 2 N–H and O–H groups in total. The van der Waals surface area contributed by atoms with Gasteiger partial charge in [-0.05, 0) is 31.4 Å². The van der Waals surface area contributed by atoms with E-state index < -0.39 is 11.5 Å². The van der Waals surface area contributed by atoms with Crippen LogP contribution in [0.2, 0.25) is 0 Å². The van der Waals surface area contributed by atoms with Crippen LogP contribution in [-0.4, -0.2) is 52.7 Å². The Labute approximate surface area is 145 Å². The molecule has 0 unspecified atom stereocenters. The van der Waals surface area contributed by atoms with Gasteiger partial charge in [0.1, 0.15) is 5.69 Å². The quantitative estimate of drug-likeness (QED) is 0.843. The molecule has 2 fully saturated rings. The Morgan fingerprint density at radius 2 is 2.28 bits per heavy atom. The Hall–Kier alpha value is -2.41. The van der Waals surface area contributed by atoms with E-state index in [0.717, 1.165) is 11.8 Å². The molecule has 2 atom stereocenters. The summed E-state index contributed by atoms with van der Waals surface area (Å²) in [5, 5.41) is 18.1. The third kappa shape index (κ3) is 2.68. The van der Waals surface area contributed by atoms with Gasteiger partial charge in [0.2, 0.25) is 11.8 Å². The molecule has 7 nitrogen and oxygen atoms in total. The molecule has 3 heterocycles. The second-order valence-corrected chi connectivity index (χ2v) is 6.94. The molecule has 4 rings (SSSR count). The van der Waals surface area contributed by atoms with Crippen LogP contribution in [-0.2, 0) is 16.0 Å². The van der Waals surface area contributed by atoms with Crippen molar-refractivity contribution in [1.82, 2.24) is 15.4 Å². The van der Waals surface area contributed by atoms with Crippen LogP contribution in [0.1, 0.15) is 25.0 Å². The van der Waals surface area contributed by atoms with E-state index in [1.54, 1.807) is 4.90 Å². The average molecular weight is 343 g/mol. The molecule has 25 heavy (non-hydrogen) atoms. The highest BCUT2D eigenvalue weighted by Crippen LogP contribution is 2.37. The molecule has 0 radical (unpaired) electrons. The fraction of sp³-hybridized carbons (Fsp3) is 0.500. The van der Waals surface area contributed by atoms with Gasteiger partial charge in [0.05, 0.1) is 17.9 Å². The van der Waals surface area contributed by atoms with Crippen molar-refractivity contribution in [2.45, 2.75) is 31.8 Å². The van der Waals surface area contributed by atoms with Crippen LogP contribution in [0, 0.1) is 5.41 Å². The Balaban J connectivity index is 1.53. The van der Waals surface area contributed by atoms with Crippen molar-refractivity contribution in [2.24, 2.45) is 5.41 Å². The van der Waals surface area contributed by atoms with Crippen molar-refractivity contribution in [3.8, 4) is 0 Å². The fourth-order valence-corrected chi connectivity index (χ4v) is 3.98. The number of para-hydroxylation sites is 1. The number of rotatable bonds is 2. The number of carbonyl (C=O) groups excluding carboxylic acids is 2. The summed E-state index contributed by atoms with van der Waals surface area (Å²) in [4.78, 5) is 26.9. The minimum Gasteiger partial charge on any atom is -0.392 e. The Bertz CT molecular complexity index is 818. The number of aliphatic hydroxyl groups excluding tert-OH is 1. The van der Waals surface area contributed by atoms with Gasteiger partial charge in [-0.25, -0.2) is 0 Å². The zero-order chi connectivity index (χ0) is 17.4. The number of likely N-dealkylation sites (tertiary alicyclic amines) is 1. The zero-order valence-electron chi connectivity index (χ0n) is 13.9. The third-order valence-corrected chi connectivity index (χ3v) is 5.44. The van der Waals surface area contributed by atoms with Crippen molar-refractivity contribution in [3.63, 3.8) is 0 Å². The highest BCUT2D eigenvalue weighted by Gasteiger charge is 2.50. The first-order valence-electron chi connectivity index (χ1n) is 8.67. The van der Waals surface area contributed by atoms with Gasteiger partial charge in [-0.1, -0.05) is 17.3 Å². The number of hydrogen-bond donors (Lipinski definition) is 2. The lowest BCUT2D eigenvalue weighted by Crippen LogP contribution is -2.62. The van der Waals surface area contributed by atoms with E-state index in [4.69, 9.17) is 4.52 Å².